The smallest absolute Gasteiger partial charge is 0.227 e. The van der Waals surface area contributed by atoms with Gasteiger partial charge in [0, 0.05) is 30.7 Å². The summed E-state index contributed by atoms with van der Waals surface area (Å²) in [5.74, 6) is 0.182. The summed E-state index contributed by atoms with van der Waals surface area (Å²) in [4.78, 5) is 18.8. The summed E-state index contributed by atoms with van der Waals surface area (Å²) in [6, 6.07) is 6.33. The van der Waals surface area contributed by atoms with Crippen LogP contribution in [0.4, 0.5) is 0 Å². The highest BCUT2D eigenvalue weighted by Gasteiger charge is 2.26. The van der Waals surface area contributed by atoms with Crippen LogP contribution in [0.25, 0.3) is 0 Å². The van der Waals surface area contributed by atoms with Crippen LogP contribution < -0.4 is 0 Å². The molecule has 1 saturated heterocycles. The van der Waals surface area contributed by atoms with Crippen molar-refractivity contribution in [2.75, 3.05) is 13.1 Å². The second-order valence-electron chi connectivity index (χ2n) is 6.49. The standard InChI is InChI=1S/C18H24N4O/c1-13-6-7-16(11-19-13)10-18(23)21-8-4-5-17(12-21)22-15(3)9-14(2)20-22/h6-7,9,11,17H,4-5,8,10,12H2,1-3H3/t17-/m0/s1. The molecule has 0 bridgehead atoms. The monoisotopic (exact) mass is 312 g/mol. The molecule has 1 atom stereocenters. The van der Waals surface area contributed by atoms with E-state index >= 15 is 0 Å². The van der Waals surface area contributed by atoms with E-state index in [1.54, 1.807) is 6.20 Å². The van der Waals surface area contributed by atoms with Crippen LogP contribution in [0, 0.1) is 20.8 Å². The van der Waals surface area contributed by atoms with Crippen LogP contribution >= 0.6 is 0 Å². The van der Waals surface area contributed by atoms with Crippen LogP contribution in [0.5, 0.6) is 0 Å². The topological polar surface area (TPSA) is 51.0 Å². The lowest BCUT2D eigenvalue weighted by molar-refractivity contribution is -0.132. The molecule has 0 saturated carbocycles. The highest BCUT2D eigenvalue weighted by molar-refractivity contribution is 5.78. The average Bonchev–Trinajstić information content (AvgIpc) is 2.88. The number of piperidine rings is 1. The van der Waals surface area contributed by atoms with E-state index in [1.165, 1.54) is 5.69 Å². The Kier molecular flexibility index (Phi) is 4.46. The molecule has 1 aliphatic heterocycles. The predicted molar refractivity (Wildman–Crippen MR) is 89.2 cm³/mol. The fourth-order valence-electron chi connectivity index (χ4n) is 3.29. The molecule has 1 aliphatic rings. The normalized spacial score (nSPS) is 18.2. The zero-order chi connectivity index (χ0) is 16.4. The van der Waals surface area contributed by atoms with Gasteiger partial charge in [0.25, 0.3) is 0 Å². The van der Waals surface area contributed by atoms with Gasteiger partial charge in [0.15, 0.2) is 0 Å². The second kappa shape index (κ2) is 6.52. The molecule has 0 aliphatic carbocycles. The second-order valence-corrected chi connectivity index (χ2v) is 6.49. The average molecular weight is 312 g/mol. The maximum atomic E-state index is 12.6. The van der Waals surface area contributed by atoms with Gasteiger partial charge in [-0.15, -0.1) is 0 Å². The van der Waals surface area contributed by atoms with Crippen molar-refractivity contribution in [2.45, 2.75) is 46.1 Å². The molecule has 5 heteroatoms. The van der Waals surface area contributed by atoms with Gasteiger partial charge in [0.05, 0.1) is 18.2 Å². The summed E-state index contributed by atoms with van der Waals surface area (Å²) in [7, 11) is 0. The van der Waals surface area contributed by atoms with E-state index in [-0.39, 0.29) is 11.9 Å². The zero-order valence-electron chi connectivity index (χ0n) is 14.1. The first-order valence-electron chi connectivity index (χ1n) is 8.25. The van der Waals surface area contributed by atoms with Crippen molar-refractivity contribution in [3.05, 3.63) is 47.0 Å². The Balaban J connectivity index is 1.67. The highest BCUT2D eigenvalue weighted by Crippen LogP contribution is 2.23. The summed E-state index contributed by atoms with van der Waals surface area (Å²) >= 11 is 0. The van der Waals surface area contributed by atoms with Gasteiger partial charge in [0.1, 0.15) is 0 Å². The first kappa shape index (κ1) is 15.7. The molecule has 0 unspecified atom stereocenters. The Labute approximate surface area is 137 Å². The third-order valence-electron chi connectivity index (χ3n) is 4.47. The number of amides is 1. The van der Waals surface area contributed by atoms with Gasteiger partial charge in [-0.3, -0.25) is 14.5 Å². The number of hydrogen-bond donors (Lipinski definition) is 0. The van der Waals surface area contributed by atoms with Crippen LogP contribution in [0.15, 0.2) is 24.4 Å². The number of rotatable bonds is 3. The van der Waals surface area contributed by atoms with Crippen molar-refractivity contribution in [1.82, 2.24) is 19.7 Å². The number of aryl methyl sites for hydroxylation is 3. The van der Waals surface area contributed by atoms with Crippen LogP contribution in [0.2, 0.25) is 0 Å². The molecule has 122 valence electrons. The third-order valence-corrected chi connectivity index (χ3v) is 4.47. The molecular formula is C18H24N4O. The fraction of sp³-hybridized carbons (Fsp3) is 0.500. The van der Waals surface area contributed by atoms with E-state index in [2.05, 4.69) is 27.8 Å². The Morgan fingerprint density at radius 2 is 2.09 bits per heavy atom. The SMILES string of the molecule is Cc1ccc(CC(=O)N2CCC[C@H](n3nc(C)cc3C)C2)cn1. The van der Waals surface area contributed by atoms with Gasteiger partial charge in [-0.05, 0) is 51.3 Å². The molecule has 0 radical (unpaired) electrons. The van der Waals surface area contributed by atoms with Gasteiger partial charge < -0.3 is 4.90 Å². The molecule has 1 fully saturated rings. The molecule has 23 heavy (non-hydrogen) atoms. The number of carbonyl (C=O) groups excluding carboxylic acids is 1. The van der Waals surface area contributed by atoms with E-state index < -0.39 is 0 Å². The predicted octanol–water partition coefficient (Wildman–Crippen LogP) is 2.61. The zero-order valence-corrected chi connectivity index (χ0v) is 14.1. The van der Waals surface area contributed by atoms with Crippen molar-refractivity contribution < 1.29 is 4.79 Å². The third kappa shape index (κ3) is 3.60. The Bertz CT molecular complexity index is 690. The van der Waals surface area contributed by atoms with E-state index in [0.29, 0.717) is 6.42 Å². The lowest BCUT2D eigenvalue weighted by Gasteiger charge is -2.33. The molecule has 0 spiro atoms. The van der Waals surface area contributed by atoms with Gasteiger partial charge in [-0.1, -0.05) is 6.07 Å². The van der Waals surface area contributed by atoms with Crippen LogP contribution in [-0.2, 0) is 11.2 Å². The van der Waals surface area contributed by atoms with Gasteiger partial charge in [-0.25, -0.2) is 0 Å². The number of pyridine rings is 1. The Morgan fingerprint density at radius 1 is 1.26 bits per heavy atom. The molecule has 3 rings (SSSR count). The minimum atomic E-state index is 0.182. The van der Waals surface area contributed by atoms with Crippen molar-refractivity contribution in [2.24, 2.45) is 0 Å². The Hall–Kier alpha value is -2.17. The molecule has 2 aromatic heterocycles. The summed E-state index contributed by atoms with van der Waals surface area (Å²) in [5, 5.41) is 4.59. The minimum Gasteiger partial charge on any atom is -0.340 e. The summed E-state index contributed by atoms with van der Waals surface area (Å²) < 4.78 is 2.09. The van der Waals surface area contributed by atoms with E-state index in [1.807, 2.05) is 30.9 Å². The summed E-state index contributed by atoms with van der Waals surface area (Å²) in [6.45, 7) is 7.64. The largest absolute Gasteiger partial charge is 0.340 e. The van der Waals surface area contributed by atoms with Crippen molar-refractivity contribution in [1.29, 1.82) is 0 Å². The molecular weight excluding hydrogens is 288 g/mol. The molecule has 1 amide bonds. The van der Waals surface area contributed by atoms with Crippen LogP contribution in [-0.4, -0.2) is 38.7 Å². The van der Waals surface area contributed by atoms with E-state index in [0.717, 1.165) is 42.9 Å². The molecule has 0 aromatic carbocycles. The maximum Gasteiger partial charge on any atom is 0.227 e. The first-order valence-corrected chi connectivity index (χ1v) is 8.25. The fourth-order valence-corrected chi connectivity index (χ4v) is 3.29. The van der Waals surface area contributed by atoms with Crippen molar-refractivity contribution in [3.63, 3.8) is 0 Å². The molecule has 2 aromatic rings. The lowest BCUT2D eigenvalue weighted by Crippen LogP contribution is -2.41. The van der Waals surface area contributed by atoms with E-state index in [4.69, 9.17) is 0 Å². The van der Waals surface area contributed by atoms with Crippen LogP contribution in [0.1, 0.15) is 41.5 Å². The van der Waals surface area contributed by atoms with Crippen molar-refractivity contribution in [3.8, 4) is 0 Å². The summed E-state index contributed by atoms with van der Waals surface area (Å²) in [5.41, 5.74) is 4.17. The lowest BCUT2D eigenvalue weighted by atomic mass is 10.0. The number of hydrogen-bond acceptors (Lipinski definition) is 3. The van der Waals surface area contributed by atoms with Gasteiger partial charge >= 0.3 is 0 Å². The van der Waals surface area contributed by atoms with Gasteiger partial charge in [0.2, 0.25) is 5.91 Å². The number of nitrogens with zero attached hydrogens (tertiary/aromatic N) is 4. The quantitative estimate of drug-likeness (QED) is 0.875. The minimum absolute atomic E-state index is 0.182. The van der Waals surface area contributed by atoms with Gasteiger partial charge in [-0.2, -0.15) is 5.10 Å². The van der Waals surface area contributed by atoms with Crippen LogP contribution in [0.3, 0.4) is 0 Å². The first-order chi connectivity index (χ1) is 11.0. The maximum absolute atomic E-state index is 12.6. The summed E-state index contributed by atoms with van der Waals surface area (Å²) in [6.07, 6.45) is 4.34. The number of carbonyl (C=O) groups is 1. The number of likely N-dealkylation sites (tertiary alicyclic amines) is 1. The molecule has 0 N–H and O–H groups in total. The van der Waals surface area contributed by atoms with E-state index in [9.17, 15) is 4.79 Å². The highest BCUT2D eigenvalue weighted by atomic mass is 16.2. The molecule has 3 heterocycles. The number of aromatic nitrogens is 3. The van der Waals surface area contributed by atoms with Crippen molar-refractivity contribution >= 4 is 5.91 Å². The molecule has 5 nitrogen and oxygen atoms in total. The Morgan fingerprint density at radius 3 is 2.74 bits per heavy atom.